The summed E-state index contributed by atoms with van der Waals surface area (Å²) in [5.41, 5.74) is 8.58. The van der Waals surface area contributed by atoms with Gasteiger partial charge in [-0.3, -0.25) is 4.98 Å². The van der Waals surface area contributed by atoms with Crippen molar-refractivity contribution in [3.63, 3.8) is 0 Å². The minimum Gasteiger partial charge on any atom is -0.383 e. The molecule has 4 nitrogen and oxygen atoms in total. The number of nitrogens with two attached hydrogens (primary N) is 1. The highest BCUT2D eigenvalue weighted by atomic mass is 79.9. The van der Waals surface area contributed by atoms with E-state index in [4.69, 9.17) is 5.73 Å². The third-order valence-electron chi connectivity index (χ3n) is 2.42. The molecule has 5 heteroatoms. The Balaban J connectivity index is 2.52. The van der Waals surface area contributed by atoms with Crippen LogP contribution in [0.15, 0.2) is 22.8 Å². The van der Waals surface area contributed by atoms with Gasteiger partial charge in [0.25, 0.3) is 0 Å². The first-order valence-electron chi connectivity index (χ1n) is 5.36. The van der Waals surface area contributed by atoms with Gasteiger partial charge in [0.05, 0.1) is 10.2 Å². The summed E-state index contributed by atoms with van der Waals surface area (Å²) in [6.45, 7) is 4.02. The van der Waals surface area contributed by atoms with E-state index in [-0.39, 0.29) is 0 Å². The molecule has 0 aliphatic rings. The number of aromatic nitrogens is 3. The van der Waals surface area contributed by atoms with Crippen LogP contribution in [0.2, 0.25) is 0 Å². The van der Waals surface area contributed by atoms with E-state index in [1.807, 2.05) is 26.0 Å². The van der Waals surface area contributed by atoms with Crippen LogP contribution in [0.5, 0.6) is 0 Å². The fraction of sp³-hybridized carbons (Fsp3) is 0.250. The average Bonchev–Trinajstić information content (AvgIpc) is 2.33. The Morgan fingerprint density at radius 1 is 1.29 bits per heavy atom. The first-order valence-corrected chi connectivity index (χ1v) is 6.16. The van der Waals surface area contributed by atoms with Crippen LogP contribution in [-0.4, -0.2) is 15.0 Å². The van der Waals surface area contributed by atoms with Crippen LogP contribution in [0.1, 0.15) is 18.2 Å². The summed E-state index contributed by atoms with van der Waals surface area (Å²) in [4.78, 5) is 13.0. The van der Waals surface area contributed by atoms with Crippen molar-refractivity contribution in [3.8, 4) is 11.5 Å². The van der Waals surface area contributed by atoms with Crippen LogP contribution in [0.25, 0.3) is 11.5 Å². The number of hydrogen-bond donors (Lipinski definition) is 1. The van der Waals surface area contributed by atoms with Gasteiger partial charge in [-0.15, -0.1) is 0 Å². The average molecular weight is 293 g/mol. The Morgan fingerprint density at radius 2 is 2.06 bits per heavy atom. The molecule has 0 aliphatic carbocycles. The summed E-state index contributed by atoms with van der Waals surface area (Å²) in [5, 5.41) is 0. The maximum Gasteiger partial charge on any atom is 0.180 e. The summed E-state index contributed by atoms with van der Waals surface area (Å²) in [6.07, 6.45) is 2.59. The smallest absolute Gasteiger partial charge is 0.180 e. The minimum absolute atomic E-state index is 0.453. The molecule has 0 bridgehead atoms. The second kappa shape index (κ2) is 4.79. The molecular formula is C12H13BrN4. The van der Waals surface area contributed by atoms with E-state index in [0.717, 1.165) is 27.8 Å². The molecule has 17 heavy (non-hydrogen) atoms. The van der Waals surface area contributed by atoms with Crippen LogP contribution in [0.3, 0.4) is 0 Å². The number of aryl methyl sites for hydroxylation is 2. The quantitative estimate of drug-likeness (QED) is 0.924. The number of halogens is 1. The number of nitrogens with zero attached hydrogens (tertiary/aromatic N) is 3. The second-order valence-corrected chi connectivity index (χ2v) is 4.56. The highest BCUT2D eigenvalue weighted by molar-refractivity contribution is 9.10. The van der Waals surface area contributed by atoms with Gasteiger partial charge in [0.15, 0.2) is 5.82 Å². The molecular weight excluding hydrogens is 280 g/mol. The van der Waals surface area contributed by atoms with Crippen molar-refractivity contribution in [3.05, 3.63) is 34.1 Å². The fourth-order valence-electron chi connectivity index (χ4n) is 1.46. The highest BCUT2D eigenvalue weighted by Crippen LogP contribution is 2.24. The lowest BCUT2D eigenvalue weighted by Crippen LogP contribution is -2.02. The molecule has 0 saturated carbocycles. The van der Waals surface area contributed by atoms with Crippen molar-refractivity contribution in [1.29, 1.82) is 0 Å². The minimum atomic E-state index is 0.453. The first kappa shape index (κ1) is 12.0. The summed E-state index contributed by atoms with van der Waals surface area (Å²) >= 11 is 3.39. The van der Waals surface area contributed by atoms with Crippen molar-refractivity contribution in [1.82, 2.24) is 15.0 Å². The summed E-state index contributed by atoms with van der Waals surface area (Å²) in [5.74, 6) is 1.02. The number of anilines is 1. The van der Waals surface area contributed by atoms with Crippen molar-refractivity contribution in [2.45, 2.75) is 20.3 Å². The Hall–Kier alpha value is -1.49. The Morgan fingerprint density at radius 3 is 2.65 bits per heavy atom. The van der Waals surface area contributed by atoms with E-state index in [1.165, 1.54) is 0 Å². The topological polar surface area (TPSA) is 64.7 Å². The highest BCUT2D eigenvalue weighted by Gasteiger charge is 2.10. The molecule has 2 rings (SSSR count). The predicted octanol–water partition coefficient (Wildman–Crippen LogP) is 2.75. The number of pyridine rings is 1. The Labute approximate surface area is 108 Å². The molecule has 0 spiro atoms. The van der Waals surface area contributed by atoms with E-state index < -0.39 is 0 Å². The lowest BCUT2D eigenvalue weighted by molar-refractivity contribution is 0.988. The van der Waals surface area contributed by atoms with E-state index in [0.29, 0.717) is 11.6 Å². The van der Waals surface area contributed by atoms with E-state index >= 15 is 0 Å². The third-order valence-corrected chi connectivity index (χ3v) is 3.28. The predicted molar refractivity (Wildman–Crippen MR) is 71.5 cm³/mol. The lowest BCUT2D eigenvalue weighted by atomic mass is 10.2. The fourth-order valence-corrected chi connectivity index (χ4v) is 1.92. The molecule has 0 aromatic carbocycles. The first-order chi connectivity index (χ1) is 8.11. The van der Waals surface area contributed by atoms with Gasteiger partial charge in [-0.05, 0) is 40.9 Å². The van der Waals surface area contributed by atoms with Gasteiger partial charge in [-0.1, -0.05) is 13.0 Å². The Kier molecular flexibility index (Phi) is 3.38. The zero-order valence-corrected chi connectivity index (χ0v) is 11.3. The van der Waals surface area contributed by atoms with E-state index in [1.54, 1.807) is 6.20 Å². The maximum atomic E-state index is 5.84. The van der Waals surface area contributed by atoms with E-state index in [2.05, 4.69) is 30.9 Å². The largest absolute Gasteiger partial charge is 0.383 e. The molecule has 2 N–H and O–H groups in total. The number of hydrogen-bond acceptors (Lipinski definition) is 4. The zero-order valence-electron chi connectivity index (χ0n) is 9.74. The summed E-state index contributed by atoms with van der Waals surface area (Å²) < 4.78 is 0.774. The molecule has 0 atom stereocenters. The van der Waals surface area contributed by atoms with Crippen molar-refractivity contribution < 1.29 is 0 Å². The number of rotatable bonds is 2. The second-order valence-electron chi connectivity index (χ2n) is 3.77. The van der Waals surface area contributed by atoms with Crippen LogP contribution in [0.4, 0.5) is 5.82 Å². The van der Waals surface area contributed by atoms with Gasteiger partial charge in [0.1, 0.15) is 11.5 Å². The number of nitrogen functional groups attached to an aromatic ring is 1. The van der Waals surface area contributed by atoms with Crippen molar-refractivity contribution >= 4 is 21.7 Å². The molecule has 0 amide bonds. The van der Waals surface area contributed by atoms with Gasteiger partial charge in [-0.2, -0.15) is 0 Å². The van der Waals surface area contributed by atoms with Gasteiger partial charge in [0.2, 0.25) is 0 Å². The zero-order chi connectivity index (χ0) is 12.4. The molecule has 0 radical (unpaired) electrons. The Bertz CT molecular complexity index is 537. The van der Waals surface area contributed by atoms with Gasteiger partial charge >= 0.3 is 0 Å². The van der Waals surface area contributed by atoms with Gasteiger partial charge in [-0.25, -0.2) is 9.97 Å². The van der Waals surface area contributed by atoms with Gasteiger partial charge in [0, 0.05) is 6.20 Å². The summed E-state index contributed by atoms with van der Waals surface area (Å²) in [7, 11) is 0. The standard InChI is InChI=1S/C12H13BrN4/c1-3-8-10(13)11(14)17-12(16-8)9-5-4-7(2)6-15-9/h4-6H,3H2,1-2H3,(H2,14,16,17). The van der Waals surface area contributed by atoms with Crippen molar-refractivity contribution in [2.75, 3.05) is 5.73 Å². The molecule has 2 aromatic heterocycles. The molecule has 0 fully saturated rings. The molecule has 2 aromatic rings. The molecule has 0 unspecified atom stereocenters. The normalized spacial score (nSPS) is 10.5. The molecule has 0 aliphatic heterocycles. The van der Waals surface area contributed by atoms with Crippen LogP contribution in [0, 0.1) is 6.92 Å². The van der Waals surface area contributed by atoms with Crippen LogP contribution < -0.4 is 5.73 Å². The third kappa shape index (κ3) is 2.44. The monoisotopic (exact) mass is 292 g/mol. The molecule has 88 valence electrons. The van der Waals surface area contributed by atoms with Crippen LogP contribution in [-0.2, 0) is 6.42 Å². The molecule has 2 heterocycles. The lowest BCUT2D eigenvalue weighted by Gasteiger charge is -2.07. The maximum absolute atomic E-state index is 5.84. The molecule has 0 saturated heterocycles. The van der Waals surface area contributed by atoms with Crippen LogP contribution >= 0.6 is 15.9 Å². The van der Waals surface area contributed by atoms with Gasteiger partial charge < -0.3 is 5.73 Å². The van der Waals surface area contributed by atoms with Crippen molar-refractivity contribution in [2.24, 2.45) is 0 Å². The SMILES string of the molecule is CCc1nc(-c2ccc(C)cn2)nc(N)c1Br. The summed E-state index contributed by atoms with van der Waals surface area (Å²) in [6, 6.07) is 3.88. The van der Waals surface area contributed by atoms with E-state index in [9.17, 15) is 0 Å².